The second-order valence-corrected chi connectivity index (χ2v) is 4.60. The molecule has 0 aromatic carbocycles. The van der Waals surface area contributed by atoms with Crippen LogP contribution < -0.4 is 5.32 Å². The topological polar surface area (TPSA) is 58.4 Å². The molecule has 1 saturated heterocycles. The summed E-state index contributed by atoms with van der Waals surface area (Å²) in [4.78, 5) is 17.8. The van der Waals surface area contributed by atoms with Gasteiger partial charge in [0.25, 0.3) is 5.22 Å². The summed E-state index contributed by atoms with van der Waals surface area (Å²) in [5.41, 5.74) is 0.845. The van der Waals surface area contributed by atoms with E-state index in [0.29, 0.717) is 11.0 Å². The van der Waals surface area contributed by atoms with Gasteiger partial charge in [-0.3, -0.25) is 4.79 Å². The maximum atomic E-state index is 11.8. The van der Waals surface area contributed by atoms with E-state index < -0.39 is 0 Å². The van der Waals surface area contributed by atoms with Crippen LogP contribution in [0.2, 0.25) is 0 Å². The molecule has 0 bridgehead atoms. The number of piperazine rings is 1. The lowest BCUT2D eigenvalue weighted by atomic mass is 10.3. The van der Waals surface area contributed by atoms with Crippen molar-refractivity contribution < 1.29 is 9.21 Å². The zero-order chi connectivity index (χ0) is 11.4. The SMILES string of the molecule is Cc1coc(SCC(=O)N2CCNCC2)n1. The Kier molecular flexibility index (Phi) is 3.84. The highest BCUT2D eigenvalue weighted by Gasteiger charge is 2.16. The summed E-state index contributed by atoms with van der Waals surface area (Å²) in [5, 5.41) is 3.79. The number of carbonyl (C=O) groups excluding carboxylic acids is 1. The predicted molar refractivity (Wildman–Crippen MR) is 61.4 cm³/mol. The van der Waals surface area contributed by atoms with Crippen LogP contribution >= 0.6 is 11.8 Å². The molecule has 2 rings (SSSR count). The quantitative estimate of drug-likeness (QED) is 0.781. The molecule has 1 aliphatic heterocycles. The van der Waals surface area contributed by atoms with E-state index in [0.717, 1.165) is 31.9 Å². The summed E-state index contributed by atoms with van der Waals surface area (Å²) >= 11 is 1.35. The van der Waals surface area contributed by atoms with Crippen LogP contribution in [0.3, 0.4) is 0 Å². The number of aromatic nitrogens is 1. The predicted octanol–water partition coefficient (Wildman–Crippen LogP) is 0.507. The van der Waals surface area contributed by atoms with Gasteiger partial charge in [-0.1, -0.05) is 11.8 Å². The molecular weight excluding hydrogens is 226 g/mol. The summed E-state index contributed by atoms with van der Waals surface area (Å²) in [5.74, 6) is 0.558. The molecule has 1 aliphatic rings. The number of amides is 1. The Bertz CT molecular complexity index is 361. The van der Waals surface area contributed by atoms with E-state index in [1.807, 2.05) is 11.8 Å². The van der Waals surface area contributed by atoms with Gasteiger partial charge in [-0.2, -0.15) is 0 Å². The Morgan fingerprint density at radius 1 is 1.62 bits per heavy atom. The normalized spacial score (nSPS) is 16.4. The van der Waals surface area contributed by atoms with Crippen LogP contribution in [0.5, 0.6) is 0 Å². The van der Waals surface area contributed by atoms with Gasteiger partial charge in [-0.05, 0) is 6.92 Å². The summed E-state index contributed by atoms with van der Waals surface area (Å²) < 4.78 is 5.17. The van der Waals surface area contributed by atoms with Crippen LogP contribution in [0.1, 0.15) is 5.69 Å². The van der Waals surface area contributed by atoms with E-state index in [9.17, 15) is 4.79 Å². The van der Waals surface area contributed by atoms with E-state index in [-0.39, 0.29) is 5.91 Å². The number of nitrogens with zero attached hydrogens (tertiary/aromatic N) is 2. The highest BCUT2D eigenvalue weighted by Crippen LogP contribution is 2.17. The van der Waals surface area contributed by atoms with Gasteiger partial charge in [0.1, 0.15) is 6.26 Å². The van der Waals surface area contributed by atoms with E-state index >= 15 is 0 Å². The van der Waals surface area contributed by atoms with E-state index in [1.54, 1.807) is 6.26 Å². The van der Waals surface area contributed by atoms with Crippen molar-refractivity contribution in [2.24, 2.45) is 0 Å². The monoisotopic (exact) mass is 241 g/mol. The molecule has 0 radical (unpaired) electrons. The van der Waals surface area contributed by atoms with Crippen LogP contribution in [0.4, 0.5) is 0 Å². The van der Waals surface area contributed by atoms with Crippen molar-refractivity contribution in [2.45, 2.75) is 12.1 Å². The molecular formula is C10H15N3O2S. The van der Waals surface area contributed by atoms with Gasteiger partial charge in [0, 0.05) is 26.2 Å². The number of aryl methyl sites for hydroxylation is 1. The smallest absolute Gasteiger partial charge is 0.256 e. The van der Waals surface area contributed by atoms with Gasteiger partial charge >= 0.3 is 0 Å². The van der Waals surface area contributed by atoms with Gasteiger partial charge < -0.3 is 14.6 Å². The first-order valence-corrected chi connectivity index (χ1v) is 6.27. The van der Waals surface area contributed by atoms with E-state index in [2.05, 4.69) is 10.3 Å². The Labute approximate surface area is 98.6 Å². The minimum absolute atomic E-state index is 0.155. The van der Waals surface area contributed by atoms with Crippen molar-refractivity contribution in [3.05, 3.63) is 12.0 Å². The number of rotatable bonds is 3. The number of oxazole rings is 1. The number of carbonyl (C=O) groups is 1. The minimum atomic E-state index is 0.155. The summed E-state index contributed by atoms with van der Waals surface area (Å²) in [6.07, 6.45) is 1.59. The largest absolute Gasteiger partial charge is 0.440 e. The Hall–Kier alpha value is -1.01. The molecule has 1 aromatic rings. The zero-order valence-corrected chi connectivity index (χ0v) is 10.0. The van der Waals surface area contributed by atoms with Crippen molar-refractivity contribution in [1.29, 1.82) is 0 Å². The molecule has 1 N–H and O–H groups in total. The highest BCUT2D eigenvalue weighted by atomic mass is 32.2. The van der Waals surface area contributed by atoms with Gasteiger partial charge in [-0.25, -0.2) is 4.98 Å². The molecule has 88 valence electrons. The first-order chi connectivity index (χ1) is 7.75. The van der Waals surface area contributed by atoms with Crippen molar-refractivity contribution in [3.8, 4) is 0 Å². The lowest BCUT2D eigenvalue weighted by molar-refractivity contribution is -0.128. The Morgan fingerprint density at radius 3 is 3.00 bits per heavy atom. The third-order valence-electron chi connectivity index (χ3n) is 2.39. The van der Waals surface area contributed by atoms with Crippen molar-refractivity contribution >= 4 is 17.7 Å². The highest BCUT2D eigenvalue weighted by molar-refractivity contribution is 7.99. The van der Waals surface area contributed by atoms with Gasteiger partial charge in [0.2, 0.25) is 5.91 Å². The van der Waals surface area contributed by atoms with Gasteiger partial charge in [0.15, 0.2) is 0 Å². The molecule has 16 heavy (non-hydrogen) atoms. The molecule has 0 spiro atoms. The molecule has 0 aliphatic carbocycles. The van der Waals surface area contributed by atoms with Crippen LogP contribution in [0, 0.1) is 6.92 Å². The lowest BCUT2D eigenvalue weighted by Crippen LogP contribution is -2.47. The lowest BCUT2D eigenvalue weighted by Gasteiger charge is -2.27. The first kappa shape index (κ1) is 11.5. The molecule has 1 amide bonds. The molecule has 5 nitrogen and oxygen atoms in total. The van der Waals surface area contributed by atoms with Crippen molar-refractivity contribution in [1.82, 2.24) is 15.2 Å². The maximum absolute atomic E-state index is 11.8. The fraction of sp³-hybridized carbons (Fsp3) is 0.600. The number of hydrogen-bond donors (Lipinski definition) is 1. The van der Waals surface area contributed by atoms with Gasteiger partial charge in [-0.15, -0.1) is 0 Å². The third-order valence-corrected chi connectivity index (χ3v) is 3.21. The average Bonchev–Trinajstić information content (AvgIpc) is 2.73. The van der Waals surface area contributed by atoms with Crippen molar-refractivity contribution in [3.63, 3.8) is 0 Å². The molecule has 6 heteroatoms. The van der Waals surface area contributed by atoms with Gasteiger partial charge in [0.05, 0.1) is 11.4 Å². The van der Waals surface area contributed by atoms with Crippen LogP contribution in [-0.2, 0) is 4.79 Å². The molecule has 0 saturated carbocycles. The third kappa shape index (κ3) is 2.99. The van der Waals surface area contributed by atoms with Crippen LogP contribution in [0.15, 0.2) is 15.9 Å². The summed E-state index contributed by atoms with van der Waals surface area (Å²) in [7, 11) is 0. The second kappa shape index (κ2) is 5.36. The minimum Gasteiger partial charge on any atom is -0.440 e. The molecule has 1 aromatic heterocycles. The fourth-order valence-electron chi connectivity index (χ4n) is 1.53. The number of hydrogen-bond acceptors (Lipinski definition) is 5. The number of nitrogens with one attached hydrogen (secondary N) is 1. The van der Waals surface area contributed by atoms with Crippen LogP contribution in [-0.4, -0.2) is 47.7 Å². The molecule has 2 heterocycles. The maximum Gasteiger partial charge on any atom is 0.256 e. The average molecular weight is 241 g/mol. The second-order valence-electron chi connectivity index (χ2n) is 3.67. The van der Waals surface area contributed by atoms with Crippen molar-refractivity contribution in [2.75, 3.05) is 31.9 Å². The standard InChI is InChI=1S/C10H15N3O2S/c1-8-6-15-10(12-8)16-7-9(14)13-4-2-11-3-5-13/h6,11H,2-5,7H2,1H3. The molecule has 0 atom stereocenters. The van der Waals surface area contributed by atoms with E-state index in [4.69, 9.17) is 4.42 Å². The van der Waals surface area contributed by atoms with Crippen LogP contribution in [0.25, 0.3) is 0 Å². The Morgan fingerprint density at radius 2 is 2.38 bits per heavy atom. The van der Waals surface area contributed by atoms with E-state index in [1.165, 1.54) is 11.8 Å². The zero-order valence-electron chi connectivity index (χ0n) is 9.23. The number of thioether (sulfide) groups is 1. The molecule has 0 unspecified atom stereocenters. The molecule has 1 fully saturated rings. The fourth-order valence-corrected chi connectivity index (χ4v) is 2.28. The first-order valence-electron chi connectivity index (χ1n) is 5.29. The summed E-state index contributed by atoms with van der Waals surface area (Å²) in [6.45, 7) is 5.22. The Balaban J connectivity index is 1.78. The summed E-state index contributed by atoms with van der Waals surface area (Å²) in [6, 6.07) is 0.